The van der Waals surface area contributed by atoms with Gasteiger partial charge in [0.15, 0.2) is 0 Å². The number of halogens is 2. The van der Waals surface area contributed by atoms with E-state index in [-0.39, 0.29) is 30.7 Å². The van der Waals surface area contributed by atoms with Crippen molar-refractivity contribution >= 4 is 17.5 Å². The van der Waals surface area contributed by atoms with E-state index in [0.717, 1.165) is 55.5 Å². The van der Waals surface area contributed by atoms with Gasteiger partial charge in [0.25, 0.3) is 5.91 Å². The molecule has 1 saturated carbocycles. The van der Waals surface area contributed by atoms with Crippen LogP contribution in [0.2, 0.25) is 0 Å². The first kappa shape index (κ1) is 23.7. The normalized spacial score (nSPS) is 20.5. The fraction of sp³-hybridized carbons (Fsp3) is 0.481. The van der Waals surface area contributed by atoms with Gasteiger partial charge < -0.3 is 19.4 Å². The van der Waals surface area contributed by atoms with Crippen molar-refractivity contribution in [2.24, 2.45) is 0 Å². The fourth-order valence-electron chi connectivity index (χ4n) is 5.50. The van der Waals surface area contributed by atoms with Crippen LogP contribution in [0.3, 0.4) is 0 Å². The van der Waals surface area contributed by atoms with Crippen LogP contribution < -0.4 is 9.64 Å². The second-order valence-electron chi connectivity index (χ2n) is 9.72. The molecule has 2 aliphatic heterocycles. The minimum atomic E-state index is -0.819. The Kier molecular flexibility index (Phi) is 7.00. The Labute approximate surface area is 204 Å². The third kappa shape index (κ3) is 5.48. The zero-order valence-corrected chi connectivity index (χ0v) is 19.8. The summed E-state index contributed by atoms with van der Waals surface area (Å²) in [5.41, 5.74) is 0.640. The predicted octanol–water partition coefficient (Wildman–Crippen LogP) is 4.24. The number of carbonyl (C=O) groups excluding carboxylic acids is 2. The highest BCUT2D eigenvalue weighted by atomic mass is 19.1. The highest BCUT2D eigenvalue weighted by molar-refractivity contribution is 6.01. The van der Waals surface area contributed by atoms with Gasteiger partial charge in [0.05, 0.1) is 0 Å². The van der Waals surface area contributed by atoms with Crippen LogP contribution in [-0.2, 0) is 4.79 Å². The summed E-state index contributed by atoms with van der Waals surface area (Å²) in [7, 11) is 0. The lowest BCUT2D eigenvalue weighted by molar-refractivity contribution is -0.120. The zero-order valence-electron chi connectivity index (χ0n) is 19.8. The Balaban J connectivity index is 1.14. The van der Waals surface area contributed by atoms with Gasteiger partial charge in [-0.3, -0.25) is 9.59 Å². The number of piperidine rings is 1. The molecule has 2 saturated heterocycles. The molecule has 0 unspecified atom stereocenters. The van der Waals surface area contributed by atoms with E-state index in [1.54, 1.807) is 4.90 Å². The van der Waals surface area contributed by atoms with E-state index in [1.165, 1.54) is 30.6 Å². The summed E-state index contributed by atoms with van der Waals surface area (Å²) in [6.07, 6.45) is 7.64. The van der Waals surface area contributed by atoms with Crippen LogP contribution in [0.25, 0.3) is 0 Å². The Morgan fingerprint density at radius 2 is 1.51 bits per heavy atom. The summed E-state index contributed by atoms with van der Waals surface area (Å²) in [4.78, 5) is 31.0. The molecule has 2 aromatic rings. The van der Waals surface area contributed by atoms with E-state index < -0.39 is 17.5 Å². The monoisotopic (exact) mass is 483 g/mol. The van der Waals surface area contributed by atoms with Crippen molar-refractivity contribution in [3.8, 4) is 5.75 Å². The van der Waals surface area contributed by atoms with Gasteiger partial charge in [0, 0.05) is 49.5 Å². The number of likely N-dealkylation sites (tertiary alicyclic amines) is 1. The molecule has 0 aromatic heterocycles. The third-order valence-electron chi connectivity index (χ3n) is 7.39. The molecule has 0 bridgehead atoms. The average molecular weight is 484 g/mol. The Morgan fingerprint density at radius 3 is 2.14 bits per heavy atom. The third-order valence-corrected chi connectivity index (χ3v) is 7.39. The SMILES string of the molecule is O=C(c1cc(F)cc(F)c1)N1CCN(c2ccc(OC3CCN(C4CCCC4)CC3)cc2)C(=O)C1. The fourth-order valence-corrected chi connectivity index (χ4v) is 5.50. The Bertz CT molecular complexity index is 1040. The maximum atomic E-state index is 13.5. The quantitative estimate of drug-likeness (QED) is 0.639. The van der Waals surface area contributed by atoms with Crippen LogP contribution in [0.4, 0.5) is 14.5 Å². The first-order valence-corrected chi connectivity index (χ1v) is 12.5. The van der Waals surface area contributed by atoms with E-state index in [1.807, 2.05) is 24.3 Å². The minimum absolute atomic E-state index is 0.0978. The van der Waals surface area contributed by atoms with Crippen molar-refractivity contribution in [1.82, 2.24) is 9.80 Å². The second kappa shape index (κ2) is 10.3. The lowest BCUT2D eigenvalue weighted by atomic mass is 10.0. The van der Waals surface area contributed by atoms with Crippen LogP contribution in [0.1, 0.15) is 48.9 Å². The van der Waals surface area contributed by atoms with Crippen molar-refractivity contribution in [2.75, 3.05) is 37.6 Å². The number of carbonyl (C=O) groups is 2. The number of hydrogen-bond acceptors (Lipinski definition) is 4. The summed E-state index contributed by atoms with van der Waals surface area (Å²) in [5, 5.41) is 0. The number of hydrogen-bond donors (Lipinski definition) is 0. The molecule has 6 nitrogen and oxygen atoms in total. The molecular weight excluding hydrogens is 452 g/mol. The van der Waals surface area contributed by atoms with E-state index in [9.17, 15) is 18.4 Å². The topological polar surface area (TPSA) is 53.1 Å². The highest BCUT2D eigenvalue weighted by Gasteiger charge is 2.30. The van der Waals surface area contributed by atoms with Gasteiger partial charge in [-0.2, -0.15) is 0 Å². The van der Waals surface area contributed by atoms with Crippen LogP contribution in [0, 0.1) is 11.6 Å². The molecule has 2 aromatic carbocycles. The van der Waals surface area contributed by atoms with Gasteiger partial charge in [-0.1, -0.05) is 12.8 Å². The van der Waals surface area contributed by atoms with Crippen molar-refractivity contribution in [3.05, 3.63) is 59.7 Å². The van der Waals surface area contributed by atoms with Gasteiger partial charge in [-0.25, -0.2) is 8.78 Å². The Morgan fingerprint density at radius 1 is 0.857 bits per heavy atom. The maximum Gasteiger partial charge on any atom is 0.254 e. The minimum Gasteiger partial charge on any atom is -0.490 e. The number of ether oxygens (including phenoxy) is 1. The predicted molar refractivity (Wildman–Crippen MR) is 129 cm³/mol. The van der Waals surface area contributed by atoms with E-state index in [4.69, 9.17) is 4.74 Å². The van der Waals surface area contributed by atoms with Crippen molar-refractivity contribution in [1.29, 1.82) is 0 Å². The molecule has 0 atom stereocenters. The standard InChI is InChI=1S/C27H31F2N3O3/c28-20-15-19(16-21(29)17-20)27(34)31-13-14-32(26(33)18-31)23-5-7-24(8-6-23)35-25-9-11-30(12-10-25)22-3-1-2-4-22/h5-8,15-17,22,25H,1-4,9-14,18H2. The summed E-state index contributed by atoms with van der Waals surface area (Å²) in [5.74, 6) is -1.64. The number of amides is 2. The number of piperazine rings is 1. The Hall–Kier alpha value is -3.00. The molecule has 0 radical (unpaired) electrons. The van der Waals surface area contributed by atoms with E-state index in [2.05, 4.69) is 4.90 Å². The van der Waals surface area contributed by atoms with E-state index in [0.29, 0.717) is 12.6 Å². The van der Waals surface area contributed by atoms with Crippen molar-refractivity contribution in [2.45, 2.75) is 50.7 Å². The highest BCUT2D eigenvalue weighted by Crippen LogP contribution is 2.28. The van der Waals surface area contributed by atoms with Crippen LogP contribution >= 0.6 is 0 Å². The molecule has 186 valence electrons. The first-order chi connectivity index (χ1) is 17.0. The molecule has 3 fully saturated rings. The van der Waals surface area contributed by atoms with E-state index >= 15 is 0 Å². The molecule has 0 N–H and O–H groups in total. The first-order valence-electron chi connectivity index (χ1n) is 12.5. The summed E-state index contributed by atoms with van der Waals surface area (Å²) < 4.78 is 33.2. The molecule has 5 rings (SSSR count). The molecular formula is C27H31F2N3O3. The molecule has 35 heavy (non-hydrogen) atoms. The van der Waals surface area contributed by atoms with Crippen LogP contribution in [0.15, 0.2) is 42.5 Å². The van der Waals surface area contributed by atoms with Gasteiger partial charge in [0.2, 0.25) is 5.91 Å². The molecule has 2 amide bonds. The van der Waals surface area contributed by atoms with Gasteiger partial charge in [0.1, 0.15) is 30.0 Å². The van der Waals surface area contributed by atoms with Gasteiger partial charge in [-0.05, 0) is 62.1 Å². The molecule has 2 heterocycles. The smallest absolute Gasteiger partial charge is 0.254 e. The molecule has 0 spiro atoms. The number of benzene rings is 2. The lowest BCUT2D eigenvalue weighted by Gasteiger charge is -2.36. The van der Waals surface area contributed by atoms with Gasteiger partial charge >= 0.3 is 0 Å². The second-order valence-corrected chi connectivity index (χ2v) is 9.72. The van der Waals surface area contributed by atoms with Crippen molar-refractivity contribution < 1.29 is 23.1 Å². The number of anilines is 1. The van der Waals surface area contributed by atoms with Crippen LogP contribution in [-0.4, -0.2) is 66.5 Å². The van der Waals surface area contributed by atoms with Gasteiger partial charge in [-0.15, -0.1) is 0 Å². The summed E-state index contributed by atoms with van der Waals surface area (Å²) in [6.45, 7) is 2.62. The molecule has 3 aliphatic rings. The zero-order chi connectivity index (χ0) is 24.4. The number of nitrogens with zero attached hydrogens (tertiary/aromatic N) is 3. The molecule has 1 aliphatic carbocycles. The van der Waals surface area contributed by atoms with Crippen LogP contribution in [0.5, 0.6) is 5.75 Å². The van der Waals surface area contributed by atoms with Crippen molar-refractivity contribution in [3.63, 3.8) is 0 Å². The number of rotatable bonds is 5. The molecule has 8 heteroatoms. The maximum absolute atomic E-state index is 13.5. The lowest BCUT2D eigenvalue weighted by Crippen LogP contribution is -2.52. The largest absolute Gasteiger partial charge is 0.490 e. The summed E-state index contributed by atoms with van der Waals surface area (Å²) >= 11 is 0. The summed E-state index contributed by atoms with van der Waals surface area (Å²) in [6, 6.07) is 10.9. The average Bonchev–Trinajstić information content (AvgIpc) is 3.39.